The van der Waals surface area contributed by atoms with Crippen molar-refractivity contribution in [2.75, 3.05) is 9.80 Å². The van der Waals surface area contributed by atoms with E-state index in [1.54, 1.807) is 0 Å². The standard InChI is InChI=1S/C80H99BN2S/c1-71(2)30-32-73(5,6)56-42-50(26-28-54(56)71)82-63-47-61-60(77(13,14)36-37-78(61,15)16)46-62(63)81-67-64(82)40-49(53-45-59-58(75(9,10)34-35-76(59,11)12)44-52(53)48-24-22-21-23-25-48)41-65(67)83(51-27-29-55-57(43-51)74(7,8)33-31-72(55,3)4)68-66-69(84-70(68)81)80(19,20)39-38-79(66,17)18/h21-29,40-47,66,69H,30-39H2,1-20H3/i21D,22D,23D,24D,25D. The zero-order valence-electron chi connectivity index (χ0n) is 60.0. The molecule has 0 N–H and O–H groups in total. The van der Waals surface area contributed by atoms with Crippen LogP contribution in [0.15, 0.2) is 114 Å². The zero-order valence-corrected chi connectivity index (χ0v) is 55.9. The average Bonchev–Trinajstić information content (AvgIpc) is 1.66. The van der Waals surface area contributed by atoms with Crippen molar-refractivity contribution in [1.82, 2.24) is 0 Å². The molecule has 0 saturated heterocycles. The van der Waals surface area contributed by atoms with Crippen LogP contribution < -0.4 is 20.7 Å². The summed E-state index contributed by atoms with van der Waals surface area (Å²) in [4.78, 5) is 7.00. The maximum absolute atomic E-state index is 9.83. The first-order valence-electron chi connectivity index (χ1n) is 35.1. The van der Waals surface area contributed by atoms with Gasteiger partial charge in [-0.1, -0.05) is 187 Å². The number of anilines is 5. The summed E-state index contributed by atoms with van der Waals surface area (Å²) in [7, 11) is 0. The molecule has 6 aromatic rings. The van der Waals surface area contributed by atoms with E-state index < -0.39 is 0 Å². The van der Waals surface area contributed by atoms with Crippen molar-refractivity contribution < 1.29 is 6.85 Å². The summed E-state index contributed by atoms with van der Waals surface area (Å²) < 4.78 is 47.1. The molecule has 0 bridgehead atoms. The highest BCUT2D eigenvalue weighted by Crippen LogP contribution is 2.67. The Morgan fingerprint density at radius 3 is 1.27 bits per heavy atom. The highest BCUT2D eigenvalue weighted by molar-refractivity contribution is 8.06. The van der Waals surface area contributed by atoms with Gasteiger partial charge in [0.15, 0.2) is 0 Å². The SMILES string of the molecule is [2H]c1c([2H])c([2H])c(-c2cc3c(cc2-c2cc4c5c(c2)N(c2ccc6c(c2)C(C)(C)CCC6(C)C)c2cc6c(cc2B5C2=C(C5C(S2)C(C)(C)CCC5(C)C)N4c2ccc4c(c2)C(C)(C)CCC4(C)C)C(C)(C)CCC6(C)C)C(C)(C)CCC3(C)C)c([2H])c1[2H]. The van der Waals surface area contributed by atoms with Crippen molar-refractivity contribution >= 4 is 57.8 Å². The molecule has 84 heavy (non-hydrogen) atoms. The number of hydrogen-bond donors (Lipinski definition) is 0. The second kappa shape index (κ2) is 17.9. The Labute approximate surface area is 520 Å². The molecule has 0 radical (unpaired) electrons. The summed E-state index contributed by atoms with van der Waals surface area (Å²) in [5, 5.41) is 0.339. The lowest BCUT2D eigenvalue weighted by molar-refractivity contribution is 0.0881. The molecule has 2 nitrogen and oxygen atoms in total. The average molecular weight is 1140 g/mol. The minimum atomic E-state index is -0.369. The molecule has 6 aromatic carbocycles. The number of benzene rings is 6. The molecule has 0 amide bonds. The highest BCUT2D eigenvalue weighted by Gasteiger charge is 2.60. The van der Waals surface area contributed by atoms with Gasteiger partial charge in [0, 0.05) is 45.3 Å². The zero-order chi connectivity index (χ0) is 64.2. The molecule has 438 valence electrons. The Bertz CT molecular complexity index is 4100. The summed E-state index contributed by atoms with van der Waals surface area (Å²) in [6.45, 7) is 49.2. The number of nitrogens with zero attached hydrogens (tertiary/aromatic N) is 2. The molecule has 0 spiro atoms. The van der Waals surface area contributed by atoms with E-state index in [-0.39, 0.29) is 103 Å². The number of thioether (sulfide) groups is 1. The molecule has 14 rings (SSSR count). The molecule has 2 unspecified atom stereocenters. The topological polar surface area (TPSA) is 6.48 Å². The molecule has 5 aliphatic carbocycles. The van der Waals surface area contributed by atoms with Crippen LogP contribution in [0.4, 0.5) is 28.4 Å². The lowest BCUT2D eigenvalue weighted by Crippen LogP contribution is -2.56. The summed E-state index contributed by atoms with van der Waals surface area (Å²) in [5.74, 6) is 0.237. The minimum absolute atomic E-state index is 0.0178. The van der Waals surface area contributed by atoms with Crippen LogP contribution in [0.3, 0.4) is 0 Å². The third-order valence-corrected chi connectivity index (χ3v) is 26.2. The molecular formula is C80H99BN2S. The predicted octanol–water partition coefficient (Wildman–Crippen LogP) is 21.3. The fourth-order valence-corrected chi connectivity index (χ4v) is 20.0. The van der Waals surface area contributed by atoms with Crippen LogP contribution in [0.5, 0.6) is 0 Å². The van der Waals surface area contributed by atoms with Gasteiger partial charge in [0.05, 0.1) is 6.85 Å². The van der Waals surface area contributed by atoms with Gasteiger partial charge < -0.3 is 9.80 Å². The summed E-state index contributed by atoms with van der Waals surface area (Å²) in [6, 6.07) is 28.9. The Morgan fingerprint density at radius 1 is 0.393 bits per heavy atom. The van der Waals surface area contributed by atoms with Crippen molar-refractivity contribution in [1.29, 1.82) is 0 Å². The van der Waals surface area contributed by atoms with Crippen molar-refractivity contribution in [2.24, 2.45) is 16.7 Å². The maximum Gasteiger partial charge on any atom is 0.259 e. The number of hydrogen-bond acceptors (Lipinski definition) is 3. The monoisotopic (exact) mass is 1140 g/mol. The summed E-state index contributed by atoms with van der Waals surface area (Å²) in [5.41, 5.74) is 23.7. The van der Waals surface area contributed by atoms with Gasteiger partial charge in [-0.3, -0.25) is 0 Å². The lowest BCUT2D eigenvalue weighted by atomic mass is 9.35. The van der Waals surface area contributed by atoms with Gasteiger partial charge in [-0.15, -0.1) is 11.8 Å². The fraction of sp³-hybridized carbons (Fsp3) is 0.525. The van der Waals surface area contributed by atoms with E-state index in [0.717, 1.165) is 74.6 Å². The third-order valence-electron chi connectivity index (χ3n) is 24.4. The maximum atomic E-state index is 9.83. The first kappa shape index (κ1) is 51.2. The van der Waals surface area contributed by atoms with Gasteiger partial charge >= 0.3 is 0 Å². The molecular weight excluding hydrogens is 1030 g/mol. The number of fused-ring (bicyclic) bond motifs is 9. The quantitative estimate of drug-likeness (QED) is 0.162. The van der Waals surface area contributed by atoms with Gasteiger partial charge in [-0.2, -0.15) is 0 Å². The number of rotatable bonds is 4. The van der Waals surface area contributed by atoms with Gasteiger partial charge in [0.2, 0.25) is 0 Å². The Balaban J connectivity index is 1.19. The van der Waals surface area contributed by atoms with E-state index in [2.05, 4.69) is 233 Å². The van der Waals surface area contributed by atoms with Crippen molar-refractivity contribution in [3.63, 3.8) is 0 Å². The van der Waals surface area contributed by atoms with E-state index >= 15 is 0 Å². The van der Waals surface area contributed by atoms with Gasteiger partial charge in [0.1, 0.15) is 0 Å². The second-order valence-corrected chi connectivity index (χ2v) is 35.9. The Morgan fingerprint density at radius 2 is 0.786 bits per heavy atom. The molecule has 1 fully saturated rings. The first-order chi connectivity index (χ1) is 41.1. The summed E-state index contributed by atoms with van der Waals surface area (Å²) in [6.07, 6.45) is 11.0. The third kappa shape index (κ3) is 8.28. The van der Waals surface area contributed by atoms with Crippen LogP contribution in [0.2, 0.25) is 0 Å². The van der Waals surface area contributed by atoms with Crippen LogP contribution in [0.1, 0.15) is 254 Å². The predicted molar refractivity (Wildman–Crippen MR) is 365 cm³/mol. The van der Waals surface area contributed by atoms with Gasteiger partial charge in [0.25, 0.3) is 6.71 Å². The first-order valence-corrected chi connectivity index (χ1v) is 33.5. The van der Waals surface area contributed by atoms with Crippen molar-refractivity contribution in [3.05, 3.63) is 158 Å². The molecule has 8 aliphatic rings. The van der Waals surface area contributed by atoms with E-state index in [4.69, 9.17) is 1.37 Å². The van der Waals surface area contributed by atoms with Crippen LogP contribution in [-0.4, -0.2) is 12.0 Å². The van der Waals surface area contributed by atoms with Crippen LogP contribution in [0, 0.1) is 16.7 Å². The van der Waals surface area contributed by atoms with Gasteiger partial charge in [-0.25, -0.2) is 0 Å². The smallest absolute Gasteiger partial charge is 0.259 e. The van der Waals surface area contributed by atoms with Crippen molar-refractivity contribution in [2.45, 2.75) is 251 Å². The van der Waals surface area contributed by atoms with E-state index in [1.165, 1.54) is 95.1 Å². The Hall–Kier alpha value is -4.93. The van der Waals surface area contributed by atoms with Crippen LogP contribution >= 0.6 is 11.8 Å². The van der Waals surface area contributed by atoms with E-state index in [0.29, 0.717) is 10.8 Å². The van der Waals surface area contributed by atoms with Crippen LogP contribution in [0.25, 0.3) is 22.3 Å². The van der Waals surface area contributed by atoms with Crippen LogP contribution in [-0.2, 0) is 43.3 Å². The molecule has 1 saturated carbocycles. The molecule has 0 aromatic heterocycles. The molecule has 2 atom stereocenters. The molecule has 3 aliphatic heterocycles. The van der Waals surface area contributed by atoms with Gasteiger partial charge in [-0.05, 0) is 255 Å². The molecule has 4 heteroatoms. The molecule has 3 heterocycles. The van der Waals surface area contributed by atoms with E-state index in [9.17, 15) is 5.48 Å². The normalized spacial score (nSPS) is 26.5. The highest BCUT2D eigenvalue weighted by atomic mass is 32.2. The van der Waals surface area contributed by atoms with E-state index in [1.807, 2.05) is 0 Å². The Kier molecular flexibility index (Phi) is 10.9. The number of allylic oxidation sites excluding steroid dienone is 1. The fourth-order valence-electron chi connectivity index (χ4n) is 18.0. The largest absolute Gasteiger partial charge is 0.314 e. The van der Waals surface area contributed by atoms with Crippen molar-refractivity contribution in [3.8, 4) is 22.3 Å². The lowest BCUT2D eigenvalue weighted by Gasteiger charge is -2.52. The summed E-state index contributed by atoms with van der Waals surface area (Å²) >= 11 is 2.22. The second-order valence-electron chi connectivity index (χ2n) is 34.7. The minimum Gasteiger partial charge on any atom is -0.314 e.